The summed E-state index contributed by atoms with van der Waals surface area (Å²) >= 11 is 0. The highest BCUT2D eigenvalue weighted by Gasteiger charge is 2.24. The lowest BCUT2D eigenvalue weighted by molar-refractivity contribution is 0.0949. The molecule has 0 saturated carbocycles. The van der Waals surface area contributed by atoms with Gasteiger partial charge < -0.3 is 10.4 Å². The van der Waals surface area contributed by atoms with Crippen LogP contribution in [0.1, 0.15) is 37.4 Å². The molecule has 0 unspecified atom stereocenters. The number of fused-ring (bicyclic) bond motifs is 1. The first-order chi connectivity index (χ1) is 14.4. The van der Waals surface area contributed by atoms with Gasteiger partial charge in [0.2, 0.25) is 0 Å². The third-order valence-corrected chi connectivity index (χ3v) is 4.97. The Balaban J connectivity index is 1.44. The number of aromatic hydroxyl groups is 1. The van der Waals surface area contributed by atoms with Crippen molar-refractivity contribution in [3.05, 3.63) is 106 Å². The molecule has 3 aromatic rings. The predicted octanol–water partition coefficient (Wildman–Crippen LogP) is 4.42. The molecule has 0 bridgehead atoms. The van der Waals surface area contributed by atoms with Crippen molar-refractivity contribution < 1.29 is 23.5 Å². The van der Waals surface area contributed by atoms with Gasteiger partial charge in [0.15, 0.2) is 5.78 Å². The van der Waals surface area contributed by atoms with Gasteiger partial charge in [0, 0.05) is 35.2 Å². The fourth-order valence-corrected chi connectivity index (χ4v) is 3.41. The largest absolute Gasteiger partial charge is 0.508 e. The third kappa shape index (κ3) is 3.98. The van der Waals surface area contributed by atoms with E-state index in [4.69, 9.17) is 0 Å². The summed E-state index contributed by atoms with van der Waals surface area (Å²) in [5.74, 6) is -1.54. The first-order valence-corrected chi connectivity index (χ1v) is 9.30. The van der Waals surface area contributed by atoms with E-state index in [2.05, 4.69) is 5.32 Å². The molecule has 0 aromatic heterocycles. The number of carbonyl (C=O) groups is 2. The molecule has 6 heteroatoms. The van der Waals surface area contributed by atoms with Crippen molar-refractivity contribution in [2.45, 2.75) is 13.0 Å². The second-order valence-electron chi connectivity index (χ2n) is 7.06. The van der Waals surface area contributed by atoms with E-state index in [1.54, 1.807) is 42.5 Å². The van der Waals surface area contributed by atoms with E-state index < -0.39 is 17.5 Å². The van der Waals surface area contributed by atoms with Crippen LogP contribution in [-0.4, -0.2) is 16.8 Å². The molecule has 0 radical (unpaired) electrons. The van der Waals surface area contributed by atoms with Crippen LogP contribution in [0.3, 0.4) is 0 Å². The maximum Gasteiger partial charge on any atom is 0.251 e. The third-order valence-electron chi connectivity index (χ3n) is 4.97. The summed E-state index contributed by atoms with van der Waals surface area (Å²) in [6.07, 6.45) is 2.19. The number of rotatable bonds is 4. The molecule has 0 spiro atoms. The van der Waals surface area contributed by atoms with Crippen LogP contribution in [0.25, 0.3) is 6.08 Å². The zero-order valence-electron chi connectivity index (χ0n) is 15.8. The van der Waals surface area contributed by atoms with E-state index in [9.17, 15) is 23.5 Å². The number of benzene rings is 3. The number of carbonyl (C=O) groups excluding carboxylic acids is 2. The van der Waals surface area contributed by atoms with Gasteiger partial charge in [0.1, 0.15) is 17.4 Å². The van der Waals surface area contributed by atoms with Crippen LogP contribution in [0.15, 0.2) is 66.2 Å². The lowest BCUT2D eigenvalue weighted by Crippen LogP contribution is -2.23. The fourth-order valence-electron chi connectivity index (χ4n) is 3.41. The van der Waals surface area contributed by atoms with Crippen molar-refractivity contribution in [2.24, 2.45) is 0 Å². The SMILES string of the molecule is O=C(NCc1cc(F)ccc1F)c1ccc(/C=C2\Cc3cc(O)ccc3C2=O)cc1. The molecule has 0 heterocycles. The molecule has 4 rings (SSSR count). The second-order valence-corrected chi connectivity index (χ2v) is 7.06. The molecule has 0 aliphatic heterocycles. The topological polar surface area (TPSA) is 66.4 Å². The van der Waals surface area contributed by atoms with Crippen molar-refractivity contribution in [1.29, 1.82) is 0 Å². The molecule has 0 saturated heterocycles. The number of allylic oxidation sites excluding steroid dienone is 1. The smallest absolute Gasteiger partial charge is 0.251 e. The molecule has 4 nitrogen and oxygen atoms in total. The highest BCUT2D eigenvalue weighted by atomic mass is 19.1. The Labute approximate surface area is 171 Å². The van der Waals surface area contributed by atoms with E-state index in [0.717, 1.165) is 29.3 Å². The molecular formula is C24H17F2NO3. The van der Waals surface area contributed by atoms with E-state index in [0.29, 0.717) is 23.1 Å². The van der Waals surface area contributed by atoms with Crippen LogP contribution in [-0.2, 0) is 13.0 Å². The number of hydrogen-bond donors (Lipinski definition) is 2. The molecule has 1 aliphatic carbocycles. The molecule has 2 N–H and O–H groups in total. The van der Waals surface area contributed by atoms with E-state index >= 15 is 0 Å². The maximum absolute atomic E-state index is 13.7. The van der Waals surface area contributed by atoms with Crippen LogP contribution in [0.5, 0.6) is 5.75 Å². The molecule has 150 valence electrons. The van der Waals surface area contributed by atoms with Gasteiger partial charge in [-0.05, 0) is 65.7 Å². The van der Waals surface area contributed by atoms with Gasteiger partial charge in [-0.3, -0.25) is 9.59 Å². The van der Waals surface area contributed by atoms with Crippen LogP contribution < -0.4 is 5.32 Å². The number of ketones is 1. The highest BCUT2D eigenvalue weighted by Crippen LogP contribution is 2.30. The summed E-state index contributed by atoms with van der Waals surface area (Å²) in [4.78, 5) is 24.8. The first-order valence-electron chi connectivity index (χ1n) is 9.30. The molecule has 3 aromatic carbocycles. The minimum absolute atomic E-state index is 0.0649. The lowest BCUT2D eigenvalue weighted by Gasteiger charge is -2.07. The standard InChI is InChI=1S/C24H17F2NO3/c25-19-5-8-22(26)18(11-19)13-27-24(30)15-3-1-14(2-4-15)9-17-10-16-12-20(28)6-7-21(16)23(17)29/h1-9,11-12,28H,10,13H2,(H,27,30)/b17-9+. The van der Waals surface area contributed by atoms with Crippen LogP contribution >= 0.6 is 0 Å². The zero-order chi connectivity index (χ0) is 21.3. The summed E-state index contributed by atoms with van der Waals surface area (Å²) in [6.45, 7) is -0.131. The first kappa shape index (κ1) is 19.5. The van der Waals surface area contributed by atoms with Gasteiger partial charge in [0.25, 0.3) is 5.91 Å². The molecule has 0 fully saturated rings. The number of phenols is 1. The number of nitrogens with one attached hydrogen (secondary N) is 1. The summed E-state index contributed by atoms with van der Waals surface area (Å²) < 4.78 is 26.9. The summed E-state index contributed by atoms with van der Waals surface area (Å²) in [5, 5.41) is 12.1. The van der Waals surface area contributed by atoms with Gasteiger partial charge in [-0.25, -0.2) is 8.78 Å². The average Bonchev–Trinajstić information content (AvgIpc) is 3.03. The molecular weight excluding hydrogens is 388 g/mol. The van der Waals surface area contributed by atoms with Crippen molar-refractivity contribution in [3.8, 4) is 5.75 Å². The highest BCUT2D eigenvalue weighted by molar-refractivity contribution is 6.15. The number of hydrogen-bond acceptors (Lipinski definition) is 3. The Morgan fingerprint density at radius 1 is 1.03 bits per heavy atom. The Morgan fingerprint density at radius 3 is 2.57 bits per heavy atom. The van der Waals surface area contributed by atoms with Crippen LogP contribution in [0.4, 0.5) is 8.78 Å². The summed E-state index contributed by atoms with van der Waals surface area (Å²) in [6, 6.07) is 14.4. The normalized spacial score (nSPS) is 14.1. The Morgan fingerprint density at radius 2 is 1.80 bits per heavy atom. The van der Waals surface area contributed by atoms with E-state index in [1.165, 1.54) is 6.07 Å². The summed E-state index contributed by atoms with van der Waals surface area (Å²) in [7, 11) is 0. The Kier molecular flexibility index (Phi) is 5.14. The second kappa shape index (κ2) is 7.91. The zero-order valence-corrected chi connectivity index (χ0v) is 15.8. The van der Waals surface area contributed by atoms with E-state index in [-0.39, 0.29) is 23.6 Å². The quantitative estimate of drug-likeness (QED) is 0.632. The summed E-state index contributed by atoms with van der Waals surface area (Å²) in [5.41, 5.74) is 3.15. The van der Waals surface area contributed by atoms with E-state index in [1.807, 2.05) is 0 Å². The monoisotopic (exact) mass is 405 g/mol. The predicted molar refractivity (Wildman–Crippen MR) is 108 cm³/mol. The average molecular weight is 405 g/mol. The molecule has 1 aliphatic rings. The molecule has 1 amide bonds. The van der Waals surface area contributed by atoms with Gasteiger partial charge in [0.05, 0.1) is 0 Å². The van der Waals surface area contributed by atoms with Crippen molar-refractivity contribution in [1.82, 2.24) is 5.32 Å². The minimum atomic E-state index is -0.589. The Hall–Kier alpha value is -3.80. The lowest BCUT2D eigenvalue weighted by atomic mass is 10.1. The number of Topliss-reactive ketones (excluding diaryl/α,β-unsaturated/α-hetero) is 1. The van der Waals surface area contributed by atoms with Gasteiger partial charge >= 0.3 is 0 Å². The van der Waals surface area contributed by atoms with Gasteiger partial charge in [-0.1, -0.05) is 12.1 Å². The molecule has 0 atom stereocenters. The minimum Gasteiger partial charge on any atom is -0.508 e. The maximum atomic E-state index is 13.7. The number of phenolic OH excluding ortho intramolecular Hbond substituents is 1. The Bertz CT molecular complexity index is 1180. The van der Waals surface area contributed by atoms with Crippen molar-refractivity contribution in [2.75, 3.05) is 0 Å². The van der Waals surface area contributed by atoms with Crippen LogP contribution in [0, 0.1) is 11.6 Å². The van der Waals surface area contributed by atoms with Gasteiger partial charge in [-0.15, -0.1) is 0 Å². The fraction of sp³-hybridized carbons (Fsp3) is 0.0833. The number of amides is 1. The van der Waals surface area contributed by atoms with Gasteiger partial charge in [-0.2, -0.15) is 0 Å². The molecule has 30 heavy (non-hydrogen) atoms. The van der Waals surface area contributed by atoms with Crippen molar-refractivity contribution >= 4 is 17.8 Å². The number of halogens is 2. The van der Waals surface area contributed by atoms with Crippen LogP contribution in [0.2, 0.25) is 0 Å². The van der Waals surface area contributed by atoms with Crippen molar-refractivity contribution in [3.63, 3.8) is 0 Å².